The highest BCUT2D eigenvalue weighted by atomic mass is 32.2. The van der Waals surface area contributed by atoms with Crippen molar-refractivity contribution in [2.75, 3.05) is 13.1 Å². The number of hydrogen-bond donors (Lipinski definition) is 2. The number of nitrogens with one attached hydrogen (secondary N) is 2. The summed E-state index contributed by atoms with van der Waals surface area (Å²) < 4.78 is 51.4. The van der Waals surface area contributed by atoms with Crippen LogP contribution in [0.3, 0.4) is 0 Å². The van der Waals surface area contributed by atoms with Crippen LogP contribution in [-0.4, -0.2) is 27.4 Å². The lowest BCUT2D eigenvalue weighted by atomic mass is 10.3. The third-order valence-electron chi connectivity index (χ3n) is 1.97. The van der Waals surface area contributed by atoms with Crippen molar-refractivity contribution in [2.24, 2.45) is 0 Å². The van der Waals surface area contributed by atoms with E-state index in [9.17, 15) is 22.0 Å². The lowest BCUT2D eigenvalue weighted by molar-refractivity contribution is -0.118. The molecule has 18 heavy (non-hydrogen) atoms. The Bertz CT molecular complexity index is 546. The maximum Gasteiger partial charge on any atom is 0.243 e. The fourth-order valence-electron chi connectivity index (χ4n) is 1.18. The van der Waals surface area contributed by atoms with Gasteiger partial charge in [-0.25, -0.2) is 21.9 Å². The predicted molar refractivity (Wildman–Crippen MR) is 60.2 cm³/mol. The summed E-state index contributed by atoms with van der Waals surface area (Å²) in [6.07, 6.45) is 0. The first kappa shape index (κ1) is 14.5. The van der Waals surface area contributed by atoms with Crippen molar-refractivity contribution in [1.82, 2.24) is 10.0 Å². The molecule has 0 aliphatic heterocycles. The zero-order valence-electron chi connectivity index (χ0n) is 9.54. The Labute approximate surface area is 103 Å². The van der Waals surface area contributed by atoms with E-state index in [0.29, 0.717) is 6.07 Å². The van der Waals surface area contributed by atoms with E-state index >= 15 is 0 Å². The van der Waals surface area contributed by atoms with Crippen molar-refractivity contribution in [3.05, 3.63) is 29.8 Å². The van der Waals surface area contributed by atoms with Gasteiger partial charge in [0.05, 0.1) is 0 Å². The number of halogens is 2. The van der Waals surface area contributed by atoms with Crippen molar-refractivity contribution in [1.29, 1.82) is 0 Å². The highest BCUT2D eigenvalue weighted by molar-refractivity contribution is 7.89. The molecule has 0 heterocycles. The second-order valence-electron chi connectivity index (χ2n) is 3.46. The Hall–Kier alpha value is -1.54. The maximum atomic E-state index is 13.2. The molecular weight excluding hydrogens is 266 g/mol. The molecule has 1 aromatic carbocycles. The maximum absolute atomic E-state index is 13.2. The van der Waals surface area contributed by atoms with Gasteiger partial charge in [-0.2, -0.15) is 0 Å². The Kier molecular flexibility index (Phi) is 4.74. The first-order valence-corrected chi connectivity index (χ1v) is 6.50. The van der Waals surface area contributed by atoms with Crippen molar-refractivity contribution in [3.8, 4) is 0 Å². The molecule has 0 saturated carbocycles. The van der Waals surface area contributed by atoms with Crippen molar-refractivity contribution in [2.45, 2.75) is 11.8 Å². The summed E-state index contributed by atoms with van der Waals surface area (Å²) >= 11 is 0. The van der Waals surface area contributed by atoms with Crippen LogP contribution in [0.15, 0.2) is 23.1 Å². The van der Waals surface area contributed by atoms with Crippen LogP contribution in [0, 0.1) is 11.6 Å². The van der Waals surface area contributed by atoms with Gasteiger partial charge in [-0.05, 0) is 18.2 Å². The van der Waals surface area contributed by atoms with Gasteiger partial charge in [-0.1, -0.05) is 0 Å². The molecule has 0 aliphatic rings. The molecule has 0 unspecified atom stereocenters. The van der Waals surface area contributed by atoms with Gasteiger partial charge in [0, 0.05) is 20.0 Å². The predicted octanol–water partition coefficient (Wildman–Crippen LogP) is 0.379. The van der Waals surface area contributed by atoms with E-state index in [1.54, 1.807) is 0 Å². The van der Waals surface area contributed by atoms with E-state index < -0.39 is 26.6 Å². The largest absolute Gasteiger partial charge is 0.355 e. The number of carbonyl (C=O) groups excluding carboxylic acids is 1. The van der Waals surface area contributed by atoms with E-state index in [4.69, 9.17) is 0 Å². The van der Waals surface area contributed by atoms with Gasteiger partial charge in [0.2, 0.25) is 15.9 Å². The van der Waals surface area contributed by atoms with Gasteiger partial charge in [-0.3, -0.25) is 4.79 Å². The van der Waals surface area contributed by atoms with Crippen LogP contribution in [-0.2, 0) is 14.8 Å². The van der Waals surface area contributed by atoms with Gasteiger partial charge in [0.15, 0.2) is 0 Å². The Balaban J connectivity index is 2.74. The summed E-state index contributed by atoms with van der Waals surface area (Å²) in [5.41, 5.74) is 0. The molecule has 1 amide bonds. The molecule has 0 bridgehead atoms. The molecule has 0 radical (unpaired) electrons. The molecule has 0 atom stereocenters. The summed E-state index contributed by atoms with van der Waals surface area (Å²) in [6.45, 7) is 1.23. The minimum Gasteiger partial charge on any atom is -0.355 e. The first-order valence-electron chi connectivity index (χ1n) is 5.02. The molecule has 0 saturated heterocycles. The fourth-order valence-corrected chi connectivity index (χ4v) is 2.30. The number of amides is 1. The summed E-state index contributed by atoms with van der Waals surface area (Å²) in [6, 6.07) is 2.15. The van der Waals surface area contributed by atoms with Crippen molar-refractivity contribution >= 4 is 15.9 Å². The number of rotatable bonds is 5. The van der Waals surface area contributed by atoms with Crippen molar-refractivity contribution < 1.29 is 22.0 Å². The lowest BCUT2D eigenvalue weighted by Gasteiger charge is -2.08. The van der Waals surface area contributed by atoms with Crippen LogP contribution >= 0.6 is 0 Å². The third kappa shape index (κ3) is 4.04. The monoisotopic (exact) mass is 278 g/mol. The summed E-state index contributed by atoms with van der Waals surface area (Å²) in [5, 5.41) is 2.36. The van der Waals surface area contributed by atoms with Gasteiger partial charge in [0.25, 0.3) is 0 Å². The molecule has 0 fully saturated rings. The average molecular weight is 278 g/mol. The minimum absolute atomic E-state index is 0.0610. The van der Waals surface area contributed by atoms with E-state index in [2.05, 4.69) is 5.32 Å². The van der Waals surface area contributed by atoms with Crippen LogP contribution in [0.25, 0.3) is 0 Å². The molecule has 0 spiro atoms. The summed E-state index contributed by atoms with van der Waals surface area (Å²) in [5.74, 6) is -2.20. The van der Waals surface area contributed by atoms with Crippen LogP contribution in [0.2, 0.25) is 0 Å². The zero-order valence-corrected chi connectivity index (χ0v) is 10.4. The van der Waals surface area contributed by atoms with Gasteiger partial charge >= 0.3 is 0 Å². The second kappa shape index (κ2) is 5.87. The molecule has 2 N–H and O–H groups in total. The smallest absolute Gasteiger partial charge is 0.243 e. The van der Waals surface area contributed by atoms with E-state index in [0.717, 1.165) is 12.1 Å². The van der Waals surface area contributed by atoms with Crippen LogP contribution < -0.4 is 10.0 Å². The number of hydrogen-bond acceptors (Lipinski definition) is 3. The molecule has 8 heteroatoms. The highest BCUT2D eigenvalue weighted by Gasteiger charge is 2.19. The summed E-state index contributed by atoms with van der Waals surface area (Å²) in [7, 11) is -4.13. The zero-order chi connectivity index (χ0) is 13.8. The van der Waals surface area contributed by atoms with E-state index in [1.807, 2.05) is 4.72 Å². The molecular formula is C10H12F2N2O3S. The number of carbonyl (C=O) groups is 1. The summed E-state index contributed by atoms with van der Waals surface area (Å²) in [4.78, 5) is 9.78. The Morgan fingerprint density at radius 2 is 1.94 bits per heavy atom. The van der Waals surface area contributed by atoms with E-state index in [1.165, 1.54) is 6.92 Å². The van der Waals surface area contributed by atoms with Crippen LogP contribution in [0.5, 0.6) is 0 Å². The highest BCUT2D eigenvalue weighted by Crippen LogP contribution is 2.15. The average Bonchev–Trinajstić information content (AvgIpc) is 2.27. The Morgan fingerprint density at radius 3 is 2.56 bits per heavy atom. The molecule has 5 nitrogen and oxygen atoms in total. The molecule has 100 valence electrons. The number of sulfonamides is 1. The lowest BCUT2D eigenvalue weighted by Crippen LogP contribution is -2.34. The third-order valence-corrected chi connectivity index (χ3v) is 3.45. The molecule has 0 aliphatic carbocycles. The van der Waals surface area contributed by atoms with Gasteiger partial charge in [-0.15, -0.1) is 0 Å². The Morgan fingerprint density at radius 1 is 1.28 bits per heavy atom. The first-order chi connectivity index (χ1) is 8.33. The fraction of sp³-hybridized carbons (Fsp3) is 0.300. The second-order valence-corrected chi connectivity index (χ2v) is 5.19. The normalized spacial score (nSPS) is 11.3. The molecule has 1 aromatic rings. The standard InChI is InChI=1S/C10H12F2N2O3S/c1-7(15)13-4-5-14-18(16,17)10-6-8(11)2-3-9(10)12/h2-3,6,14H,4-5H2,1H3,(H,13,15). The number of benzene rings is 1. The van der Waals surface area contributed by atoms with Crippen LogP contribution in [0.4, 0.5) is 8.78 Å². The molecule has 0 aromatic heterocycles. The topological polar surface area (TPSA) is 75.3 Å². The van der Waals surface area contributed by atoms with Crippen LogP contribution in [0.1, 0.15) is 6.92 Å². The van der Waals surface area contributed by atoms with Gasteiger partial charge in [0.1, 0.15) is 16.5 Å². The van der Waals surface area contributed by atoms with Gasteiger partial charge < -0.3 is 5.32 Å². The van der Waals surface area contributed by atoms with Crippen molar-refractivity contribution in [3.63, 3.8) is 0 Å². The molecule has 1 rings (SSSR count). The minimum atomic E-state index is -4.13. The SMILES string of the molecule is CC(=O)NCCNS(=O)(=O)c1cc(F)ccc1F. The van der Waals surface area contributed by atoms with E-state index in [-0.39, 0.29) is 19.0 Å². The quantitative estimate of drug-likeness (QED) is 0.765.